The summed E-state index contributed by atoms with van der Waals surface area (Å²) >= 11 is 0. The van der Waals surface area contributed by atoms with Gasteiger partial charge in [-0.1, -0.05) is 12.1 Å². The maximum Gasteiger partial charge on any atom is 0.416 e. The summed E-state index contributed by atoms with van der Waals surface area (Å²) in [6.45, 7) is -0.407. The molecule has 1 aliphatic rings. The van der Waals surface area contributed by atoms with Crippen molar-refractivity contribution in [2.24, 2.45) is 0 Å². The molecule has 8 heteroatoms. The number of halogens is 3. The van der Waals surface area contributed by atoms with Crippen LogP contribution in [0, 0.1) is 0 Å². The van der Waals surface area contributed by atoms with Gasteiger partial charge >= 0.3 is 6.18 Å². The lowest BCUT2D eigenvalue weighted by Crippen LogP contribution is -2.18. The molecule has 0 radical (unpaired) electrons. The second-order valence-electron chi connectivity index (χ2n) is 6.42. The van der Waals surface area contributed by atoms with Crippen LogP contribution in [-0.4, -0.2) is 27.5 Å². The summed E-state index contributed by atoms with van der Waals surface area (Å²) in [6.07, 6.45) is -2.78. The van der Waals surface area contributed by atoms with Crippen LogP contribution in [0.5, 0.6) is 0 Å². The highest BCUT2D eigenvalue weighted by atomic mass is 19.4. The Morgan fingerprint density at radius 1 is 1.27 bits per heavy atom. The van der Waals surface area contributed by atoms with E-state index in [1.165, 1.54) is 12.1 Å². The fourth-order valence-corrected chi connectivity index (χ4v) is 2.73. The lowest BCUT2D eigenvalue weighted by molar-refractivity contribution is -0.137. The summed E-state index contributed by atoms with van der Waals surface area (Å²) in [5.41, 5.74) is -0.781. The maximum absolute atomic E-state index is 12.6. The van der Waals surface area contributed by atoms with Crippen LogP contribution < -0.4 is 5.56 Å². The number of aromatic nitrogens is 2. The summed E-state index contributed by atoms with van der Waals surface area (Å²) in [4.78, 5) is 31.0. The molecule has 0 amide bonds. The average Bonchev–Trinajstić information content (AvgIpc) is 3.43. The number of hydrogen-bond donors (Lipinski definition) is 2. The van der Waals surface area contributed by atoms with Crippen LogP contribution in [0.15, 0.2) is 35.1 Å². The van der Waals surface area contributed by atoms with Crippen LogP contribution in [0.25, 0.3) is 0 Å². The number of ketones is 1. The minimum absolute atomic E-state index is 0.0148. The van der Waals surface area contributed by atoms with E-state index in [1.54, 1.807) is 0 Å². The van der Waals surface area contributed by atoms with Crippen molar-refractivity contribution in [3.8, 4) is 0 Å². The molecule has 0 bridgehead atoms. The van der Waals surface area contributed by atoms with Crippen LogP contribution in [0.3, 0.4) is 0 Å². The van der Waals surface area contributed by atoms with Crippen LogP contribution in [0.4, 0.5) is 13.2 Å². The highest BCUT2D eigenvalue weighted by molar-refractivity contribution is 5.94. The topological polar surface area (TPSA) is 83.0 Å². The van der Waals surface area contributed by atoms with E-state index in [4.69, 9.17) is 0 Å². The molecule has 2 N–H and O–H groups in total. The van der Waals surface area contributed by atoms with E-state index >= 15 is 0 Å². The zero-order chi connectivity index (χ0) is 18.9. The molecule has 1 fully saturated rings. The number of aromatic amines is 1. The third-order valence-electron chi connectivity index (χ3n) is 4.37. The normalized spacial score (nSPS) is 15.7. The molecule has 138 valence electrons. The van der Waals surface area contributed by atoms with Crippen LogP contribution in [0.1, 0.15) is 58.5 Å². The van der Waals surface area contributed by atoms with Crippen molar-refractivity contribution in [2.45, 2.75) is 37.3 Å². The second-order valence-corrected chi connectivity index (χ2v) is 6.42. The molecule has 5 nitrogen and oxygen atoms in total. The van der Waals surface area contributed by atoms with Crippen molar-refractivity contribution in [2.75, 3.05) is 6.61 Å². The fraction of sp³-hybridized carbons (Fsp3) is 0.389. The predicted molar refractivity (Wildman–Crippen MR) is 87.1 cm³/mol. The Labute approximate surface area is 146 Å². The number of carbonyl (C=O) groups is 1. The highest BCUT2D eigenvalue weighted by Crippen LogP contribution is 2.37. The molecule has 1 heterocycles. The van der Waals surface area contributed by atoms with Gasteiger partial charge < -0.3 is 10.1 Å². The van der Waals surface area contributed by atoms with Gasteiger partial charge in [-0.25, -0.2) is 4.98 Å². The van der Waals surface area contributed by atoms with Crippen LogP contribution in [0.2, 0.25) is 0 Å². The first-order valence-electron chi connectivity index (χ1n) is 8.20. The van der Waals surface area contributed by atoms with Crippen LogP contribution in [-0.2, 0) is 6.18 Å². The van der Waals surface area contributed by atoms with Gasteiger partial charge in [0.05, 0.1) is 12.2 Å². The third-order valence-corrected chi connectivity index (χ3v) is 4.37. The average molecular weight is 366 g/mol. The molecule has 1 aromatic heterocycles. The first kappa shape index (κ1) is 18.3. The monoisotopic (exact) mass is 366 g/mol. The van der Waals surface area contributed by atoms with Crippen molar-refractivity contribution in [3.63, 3.8) is 0 Å². The maximum atomic E-state index is 12.6. The number of H-pyrrole nitrogens is 1. The summed E-state index contributed by atoms with van der Waals surface area (Å²) in [5, 5.41) is 9.55. The van der Waals surface area contributed by atoms with Crippen molar-refractivity contribution in [1.82, 2.24) is 9.97 Å². The SMILES string of the molecule is O=C(CC(CO)c1ccc(C(F)(F)F)cc1)c1cc(=O)[nH]c(C2CC2)n1. The molecular formula is C18H17F3N2O3. The number of nitrogens with zero attached hydrogens (tertiary/aromatic N) is 1. The molecule has 1 unspecified atom stereocenters. The molecule has 1 saturated carbocycles. The van der Waals surface area contributed by atoms with Gasteiger partial charge in [0.1, 0.15) is 11.5 Å². The lowest BCUT2D eigenvalue weighted by Gasteiger charge is -2.15. The number of rotatable bonds is 6. The fourth-order valence-electron chi connectivity index (χ4n) is 2.73. The molecule has 1 aliphatic carbocycles. The van der Waals surface area contributed by atoms with Crippen molar-refractivity contribution in [3.05, 3.63) is 63.3 Å². The van der Waals surface area contributed by atoms with Gasteiger partial charge in [-0.2, -0.15) is 13.2 Å². The summed E-state index contributed by atoms with van der Waals surface area (Å²) in [6, 6.07) is 5.43. The Kier molecular flexibility index (Phi) is 4.95. The van der Waals surface area contributed by atoms with E-state index in [0.717, 1.165) is 31.0 Å². The summed E-state index contributed by atoms with van der Waals surface area (Å²) in [7, 11) is 0. The van der Waals surface area contributed by atoms with Gasteiger partial charge in [-0.15, -0.1) is 0 Å². The quantitative estimate of drug-likeness (QED) is 0.770. The van der Waals surface area contributed by atoms with Gasteiger partial charge in [0.25, 0.3) is 5.56 Å². The van der Waals surface area contributed by atoms with Gasteiger partial charge in [0.2, 0.25) is 0 Å². The van der Waals surface area contributed by atoms with Gasteiger partial charge in [0.15, 0.2) is 5.78 Å². The Morgan fingerprint density at radius 2 is 1.92 bits per heavy atom. The Hall–Kier alpha value is -2.48. The Morgan fingerprint density at radius 3 is 2.46 bits per heavy atom. The van der Waals surface area contributed by atoms with Gasteiger partial charge in [0, 0.05) is 24.3 Å². The zero-order valence-corrected chi connectivity index (χ0v) is 13.7. The molecule has 1 aromatic carbocycles. The summed E-state index contributed by atoms with van der Waals surface area (Å²) < 4.78 is 37.9. The van der Waals surface area contributed by atoms with E-state index in [0.29, 0.717) is 11.4 Å². The molecule has 1 atom stereocenters. The first-order chi connectivity index (χ1) is 12.3. The molecular weight excluding hydrogens is 349 g/mol. The Balaban J connectivity index is 1.77. The number of hydrogen-bond acceptors (Lipinski definition) is 4. The van der Waals surface area contributed by atoms with E-state index in [2.05, 4.69) is 9.97 Å². The molecule has 0 spiro atoms. The number of carbonyl (C=O) groups excluding carboxylic acids is 1. The molecule has 3 rings (SSSR count). The molecule has 26 heavy (non-hydrogen) atoms. The highest BCUT2D eigenvalue weighted by Gasteiger charge is 2.31. The molecule has 0 aliphatic heterocycles. The zero-order valence-electron chi connectivity index (χ0n) is 13.7. The number of benzene rings is 1. The first-order valence-corrected chi connectivity index (χ1v) is 8.20. The minimum Gasteiger partial charge on any atom is -0.396 e. The predicted octanol–water partition coefficient (Wildman–Crippen LogP) is 3.02. The van der Waals surface area contributed by atoms with Gasteiger partial charge in [-0.3, -0.25) is 9.59 Å². The standard InChI is InChI=1S/C18H17F3N2O3/c19-18(20,21)13-5-3-10(4-6-13)12(9-24)7-15(25)14-8-16(26)23-17(22-14)11-1-2-11/h3-6,8,11-12,24H,1-2,7,9H2,(H,22,23,26). The van der Waals surface area contributed by atoms with E-state index < -0.39 is 35.6 Å². The summed E-state index contributed by atoms with van der Waals surface area (Å²) in [5.74, 6) is -0.456. The number of nitrogens with one attached hydrogen (secondary N) is 1. The number of aliphatic hydroxyl groups is 1. The van der Waals surface area contributed by atoms with Crippen molar-refractivity contribution >= 4 is 5.78 Å². The van der Waals surface area contributed by atoms with Gasteiger partial charge in [-0.05, 0) is 30.5 Å². The number of alkyl halides is 3. The van der Waals surface area contributed by atoms with E-state index in [9.17, 15) is 27.9 Å². The lowest BCUT2D eigenvalue weighted by atomic mass is 9.93. The van der Waals surface area contributed by atoms with E-state index in [-0.39, 0.29) is 18.0 Å². The third kappa shape index (κ3) is 4.19. The smallest absolute Gasteiger partial charge is 0.396 e. The Bertz CT molecular complexity index is 855. The number of aliphatic hydroxyl groups excluding tert-OH is 1. The minimum atomic E-state index is -4.45. The molecule has 2 aromatic rings. The van der Waals surface area contributed by atoms with E-state index in [1.807, 2.05) is 0 Å². The second kappa shape index (κ2) is 7.03. The molecule has 0 saturated heterocycles. The largest absolute Gasteiger partial charge is 0.416 e. The number of Topliss-reactive ketones (excluding diaryl/α,β-unsaturated/α-hetero) is 1. The van der Waals surface area contributed by atoms with Crippen LogP contribution >= 0.6 is 0 Å². The van der Waals surface area contributed by atoms with Crippen molar-refractivity contribution in [1.29, 1.82) is 0 Å². The van der Waals surface area contributed by atoms with Crippen molar-refractivity contribution < 1.29 is 23.1 Å².